The first-order chi connectivity index (χ1) is 10.3. The number of benzene rings is 1. The van der Waals surface area contributed by atoms with Crippen LogP contribution in [0.1, 0.15) is 12.5 Å². The number of amides is 4. The molecule has 0 aliphatic carbocycles. The summed E-state index contributed by atoms with van der Waals surface area (Å²) in [6.45, 7) is 1.58. The highest BCUT2D eigenvalue weighted by molar-refractivity contribution is 6.30. The smallest absolute Gasteiger partial charge is 0.325 e. The molecule has 0 saturated heterocycles. The second kappa shape index (κ2) is 8.23. The Hall–Kier alpha value is -2.28. The molecular weight excluding hydrogens is 310 g/mol. The minimum Gasteiger partial charge on any atom is -0.469 e. The first kappa shape index (κ1) is 17.8. The summed E-state index contributed by atoms with van der Waals surface area (Å²) >= 11 is 5.77. The quantitative estimate of drug-likeness (QED) is 0.804. The number of nitrogens with two attached hydrogens (primary N) is 1. The lowest BCUT2D eigenvalue weighted by molar-refractivity contribution is -0.144. The zero-order chi connectivity index (χ0) is 16.7. The van der Waals surface area contributed by atoms with Crippen LogP contribution in [0.25, 0.3) is 0 Å². The van der Waals surface area contributed by atoms with Gasteiger partial charge in [0, 0.05) is 18.1 Å². The van der Waals surface area contributed by atoms with Gasteiger partial charge in [0.15, 0.2) is 0 Å². The van der Waals surface area contributed by atoms with Crippen LogP contribution in [0.15, 0.2) is 24.3 Å². The second-order valence-electron chi connectivity index (χ2n) is 4.66. The molecule has 1 aromatic carbocycles. The highest BCUT2D eigenvalue weighted by Crippen LogP contribution is 2.09. The highest BCUT2D eigenvalue weighted by Gasteiger charge is 2.25. The fourth-order valence-corrected chi connectivity index (χ4v) is 1.82. The molecule has 0 bridgehead atoms. The summed E-state index contributed by atoms with van der Waals surface area (Å²) in [5, 5.41) is 3.14. The molecular formula is C14H18ClN3O4. The molecule has 0 radical (unpaired) electrons. The van der Waals surface area contributed by atoms with E-state index in [2.05, 4.69) is 10.1 Å². The van der Waals surface area contributed by atoms with Gasteiger partial charge in [0.05, 0.1) is 13.0 Å². The van der Waals surface area contributed by atoms with Crippen molar-refractivity contribution in [3.8, 4) is 0 Å². The van der Waals surface area contributed by atoms with Gasteiger partial charge in [0.2, 0.25) is 0 Å². The van der Waals surface area contributed by atoms with Gasteiger partial charge in [-0.1, -0.05) is 30.7 Å². The van der Waals surface area contributed by atoms with E-state index in [0.717, 1.165) is 10.5 Å². The zero-order valence-electron chi connectivity index (χ0n) is 12.3. The summed E-state index contributed by atoms with van der Waals surface area (Å²) in [7, 11) is 1.23. The summed E-state index contributed by atoms with van der Waals surface area (Å²) in [5.41, 5.74) is 5.98. The third-order valence-electron chi connectivity index (χ3n) is 2.93. The number of halogens is 1. The van der Waals surface area contributed by atoms with Crippen molar-refractivity contribution in [2.45, 2.75) is 13.5 Å². The molecule has 1 atom stereocenters. The lowest BCUT2D eigenvalue weighted by Gasteiger charge is -2.21. The first-order valence-corrected chi connectivity index (χ1v) is 6.90. The lowest BCUT2D eigenvalue weighted by Crippen LogP contribution is -2.49. The molecule has 0 heterocycles. The third kappa shape index (κ3) is 5.25. The number of nitrogens with one attached hydrogen (secondary N) is 1. The van der Waals surface area contributed by atoms with Crippen molar-refractivity contribution in [2.75, 3.05) is 13.7 Å². The third-order valence-corrected chi connectivity index (χ3v) is 3.18. The minimum atomic E-state index is -0.940. The molecule has 7 nitrogen and oxygen atoms in total. The van der Waals surface area contributed by atoms with Gasteiger partial charge in [-0.3, -0.25) is 4.79 Å². The molecule has 0 aliphatic rings. The van der Waals surface area contributed by atoms with Crippen LogP contribution < -0.4 is 11.1 Å². The number of hydrogen-bond acceptors (Lipinski definition) is 4. The van der Waals surface area contributed by atoms with Gasteiger partial charge in [0.25, 0.3) is 0 Å². The Balaban J connectivity index is 2.63. The maximum absolute atomic E-state index is 12.0. The van der Waals surface area contributed by atoms with Crippen molar-refractivity contribution in [1.29, 1.82) is 0 Å². The van der Waals surface area contributed by atoms with Crippen LogP contribution in [0.2, 0.25) is 5.02 Å². The molecule has 8 heteroatoms. The molecule has 4 amide bonds. The summed E-state index contributed by atoms with van der Waals surface area (Å²) in [4.78, 5) is 35.5. The molecule has 0 aliphatic heterocycles. The van der Waals surface area contributed by atoms with E-state index in [0.29, 0.717) is 5.02 Å². The second-order valence-corrected chi connectivity index (χ2v) is 5.09. The standard InChI is InChI=1S/C14H18ClN3O4/c1-9(12(19)22-2)8-18(13(16)20)14(21)17-7-10-3-5-11(15)6-4-10/h3-6,9H,7-8H2,1-2H3,(H2,16,20)(H,17,21)/t9-/m0/s1. The topological polar surface area (TPSA) is 102 Å². The van der Waals surface area contributed by atoms with E-state index in [9.17, 15) is 14.4 Å². The molecule has 0 spiro atoms. The van der Waals surface area contributed by atoms with Gasteiger partial charge in [-0.25, -0.2) is 14.5 Å². The number of ether oxygens (including phenoxy) is 1. The number of rotatable bonds is 5. The fourth-order valence-electron chi connectivity index (χ4n) is 1.70. The normalized spacial score (nSPS) is 11.4. The van der Waals surface area contributed by atoms with E-state index in [4.69, 9.17) is 17.3 Å². The van der Waals surface area contributed by atoms with Crippen LogP contribution in [-0.2, 0) is 16.1 Å². The predicted octanol–water partition coefficient (Wildman–Crippen LogP) is 1.74. The van der Waals surface area contributed by atoms with E-state index >= 15 is 0 Å². The van der Waals surface area contributed by atoms with Crippen LogP contribution in [-0.4, -0.2) is 36.6 Å². The van der Waals surface area contributed by atoms with Crippen molar-refractivity contribution in [3.63, 3.8) is 0 Å². The van der Waals surface area contributed by atoms with Gasteiger partial charge < -0.3 is 15.8 Å². The Morgan fingerprint density at radius 2 is 1.91 bits per heavy atom. The minimum absolute atomic E-state index is 0.158. The van der Waals surface area contributed by atoms with E-state index in [-0.39, 0.29) is 13.1 Å². The Labute approximate surface area is 133 Å². The summed E-state index contributed by atoms with van der Waals surface area (Å²) in [6, 6.07) is 5.24. The lowest BCUT2D eigenvalue weighted by atomic mass is 10.2. The summed E-state index contributed by atoms with van der Waals surface area (Å²) in [5.74, 6) is -1.20. The number of carbonyl (C=O) groups is 3. The molecule has 0 aromatic heterocycles. The van der Waals surface area contributed by atoms with Crippen LogP contribution in [0, 0.1) is 5.92 Å². The Kier molecular flexibility index (Phi) is 6.65. The summed E-state index contributed by atoms with van der Waals surface area (Å²) < 4.78 is 4.55. The van der Waals surface area contributed by atoms with Crippen LogP contribution in [0.5, 0.6) is 0 Å². The Bertz CT molecular complexity index is 548. The number of esters is 1. The van der Waals surface area contributed by atoms with Gasteiger partial charge in [0.1, 0.15) is 0 Å². The number of carbonyl (C=O) groups excluding carboxylic acids is 3. The molecule has 0 fully saturated rings. The average molecular weight is 328 g/mol. The maximum Gasteiger partial charge on any atom is 0.325 e. The number of nitrogens with zero attached hydrogens (tertiary/aromatic N) is 1. The van der Waals surface area contributed by atoms with Gasteiger partial charge >= 0.3 is 18.0 Å². The molecule has 120 valence electrons. The van der Waals surface area contributed by atoms with Crippen molar-refractivity contribution in [2.24, 2.45) is 11.7 Å². The monoisotopic (exact) mass is 327 g/mol. The van der Waals surface area contributed by atoms with E-state index in [1.54, 1.807) is 24.3 Å². The molecule has 22 heavy (non-hydrogen) atoms. The average Bonchev–Trinajstić information content (AvgIpc) is 2.50. The fraction of sp³-hybridized carbons (Fsp3) is 0.357. The van der Waals surface area contributed by atoms with Crippen LogP contribution in [0.4, 0.5) is 9.59 Å². The maximum atomic E-state index is 12.0. The predicted molar refractivity (Wildman–Crippen MR) is 81.2 cm³/mol. The van der Waals surface area contributed by atoms with Crippen LogP contribution in [0.3, 0.4) is 0 Å². The SMILES string of the molecule is COC(=O)[C@@H](C)CN(C(N)=O)C(=O)NCc1ccc(Cl)cc1. The number of imide groups is 1. The van der Waals surface area contributed by atoms with Crippen molar-refractivity contribution >= 4 is 29.6 Å². The van der Waals surface area contributed by atoms with Crippen molar-refractivity contribution in [3.05, 3.63) is 34.9 Å². The first-order valence-electron chi connectivity index (χ1n) is 6.52. The summed E-state index contributed by atoms with van der Waals surface area (Å²) in [6.07, 6.45) is 0. The number of methoxy groups -OCH3 is 1. The Morgan fingerprint density at radius 3 is 2.41 bits per heavy atom. The van der Waals surface area contributed by atoms with Crippen molar-refractivity contribution in [1.82, 2.24) is 10.2 Å². The number of primary amides is 1. The van der Waals surface area contributed by atoms with Gasteiger partial charge in [-0.15, -0.1) is 0 Å². The number of hydrogen-bond donors (Lipinski definition) is 2. The zero-order valence-corrected chi connectivity index (χ0v) is 13.1. The van der Waals surface area contributed by atoms with E-state index in [1.165, 1.54) is 14.0 Å². The van der Waals surface area contributed by atoms with Gasteiger partial charge in [-0.2, -0.15) is 0 Å². The highest BCUT2D eigenvalue weighted by atomic mass is 35.5. The van der Waals surface area contributed by atoms with E-state index in [1.807, 2.05) is 0 Å². The molecule has 3 N–H and O–H groups in total. The van der Waals surface area contributed by atoms with E-state index < -0.39 is 23.9 Å². The van der Waals surface area contributed by atoms with Gasteiger partial charge in [-0.05, 0) is 17.7 Å². The molecule has 1 rings (SSSR count). The van der Waals surface area contributed by atoms with Crippen LogP contribution >= 0.6 is 11.6 Å². The molecule has 0 saturated carbocycles. The number of urea groups is 2. The molecule has 0 unspecified atom stereocenters. The Morgan fingerprint density at radius 1 is 1.32 bits per heavy atom. The molecule has 1 aromatic rings. The largest absolute Gasteiger partial charge is 0.469 e. The van der Waals surface area contributed by atoms with Crippen molar-refractivity contribution < 1.29 is 19.1 Å².